The van der Waals surface area contributed by atoms with E-state index < -0.39 is 5.79 Å². The predicted octanol–water partition coefficient (Wildman–Crippen LogP) is 1.90. The van der Waals surface area contributed by atoms with Gasteiger partial charge in [-0.05, 0) is 12.8 Å². The summed E-state index contributed by atoms with van der Waals surface area (Å²) < 4.78 is 0. The summed E-state index contributed by atoms with van der Waals surface area (Å²) in [7, 11) is 0. The van der Waals surface area contributed by atoms with E-state index in [0.717, 1.165) is 19.3 Å². The van der Waals surface area contributed by atoms with E-state index in [0.29, 0.717) is 6.42 Å². The van der Waals surface area contributed by atoms with Crippen molar-refractivity contribution in [1.29, 1.82) is 0 Å². The van der Waals surface area contributed by atoms with Crippen LogP contribution in [0.3, 0.4) is 0 Å². The highest BCUT2D eigenvalue weighted by molar-refractivity contribution is 4.70. The molecular weight excluding hydrogens is 140 g/mol. The largest absolute Gasteiger partial charge is 0.365 e. The highest BCUT2D eigenvalue weighted by Gasteiger charge is 2.28. The Morgan fingerprint density at radius 1 is 1.27 bits per heavy atom. The fourth-order valence-corrected chi connectivity index (χ4v) is 1.01. The maximum absolute atomic E-state index is 9.47. The van der Waals surface area contributed by atoms with Crippen LogP contribution in [0.1, 0.15) is 46.5 Å². The maximum atomic E-state index is 9.47. The van der Waals surface area contributed by atoms with Crippen molar-refractivity contribution in [2.75, 3.05) is 0 Å². The SMILES string of the molecule is CCCCC(O)(O)C(C)CC. The minimum atomic E-state index is -1.44. The zero-order valence-corrected chi connectivity index (χ0v) is 7.80. The van der Waals surface area contributed by atoms with Gasteiger partial charge in [-0.1, -0.05) is 27.2 Å². The van der Waals surface area contributed by atoms with Crippen molar-refractivity contribution in [3.05, 3.63) is 0 Å². The van der Waals surface area contributed by atoms with Crippen LogP contribution in [0.4, 0.5) is 0 Å². The van der Waals surface area contributed by atoms with Crippen LogP contribution < -0.4 is 0 Å². The molecular formula is C9H20O2. The lowest BCUT2D eigenvalue weighted by molar-refractivity contribution is -0.201. The van der Waals surface area contributed by atoms with Gasteiger partial charge in [0.25, 0.3) is 0 Å². The van der Waals surface area contributed by atoms with E-state index in [1.807, 2.05) is 20.8 Å². The minimum absolute atomic E-state index is 0.0194. The second-order valence-corrected chi connectivity index (χ2v) is 3.29. The van der Waals surface area contributed by atoms with Gasteiger partial charge >= 0.3 is 0 Å². The van der Waals surface area contributed by atoms with Crippen LogP contribution in [-0.2, 0) is 0 Å². The second-order valence-electron chi connectivity index (χ2n) is 3.29. The topological polar surface area (TPSA) is 40.5 Å². The van der Waals surface area contributed by atoms with E-state index in [1.54, 1.807) is 0 Å². The highest BCUT2D eigenvalue weighted by atomic mass is 16.5. The third-order valence-corrected chi connectivity index (χ3v) is 2.30. The molecule has 0 rings (SSSR count). The average molecular weight is 160 g/mol. The number of hydrogen-bond donors (Lipinski definition) is 2. The summed E-state index contributed by atoms with van der Waals surface area (Å²) in [6.45, 7) is 5.89. The number of unbranched alkanes of at least 4 members (excludes halogenated alkanes) is 1. The van der Waals surface area contributed by atoms with Gasteiger partial charge in [-0.3, -0.25) is 0 Å². The van der Waals surface area contributed by atoms with E-state index in [1.165, 1.54) is 0 Å². The molecule has 1 atom stereocenters. The van der Waals surface area contributed by atoms with Crippen LogP contribution in [0.5, 0.6) is 0 Å². The maximum Gasteiger partial charge on any atom is 0.165 e. The Morgan fingerprint density at radius 2 is 1.82 bits per heavy atom. The predicted molar refractivity (Wildman–Crippen MR) is 46.1 cm³/mol. The lowest BCUT2D eigenvalue weighted by Gasteiger charge is -2.27. The summed E-state index contributed by atoms with van der Waals surface area (Å²) in [5.41, 5.74) is 0. The molecule has 0 bridgehead atoms. The zero-order valence-electron chi connectivity index (χ0n) is 7.80. The summed E-state index contributed by atoms with van der Waals surface area (Å²) >= 11 is 0. The fourth-order valence-electron chi connectivity index (χ4n) is 1.01. The number of hydrogen-bond acceptors (Lipinski definition) is 2. The van der Waals surface area contributed by atoms with Gasteiger partial charge in [0.15, 0.2) is 5.79 Å². The third-order valence-electron chi connectivity index (χ3n) is 2.30. The molecule has 0 aromatic rings. The van der Waals surface area contributed by atoms with Gasteiger partial charge in [-0.2, -0.15) is 0 Å². The Morgan fingerprint density at radius 3 is 2.18 bits per heavy atom. The molecule has 2 N–H and O–H groups in total. The molecule has 0 radical (unpaired) electrons. The fraction of sp³-hybridized carbons (Fsp3) is 1.00. The van der Waals surface area contributed by atoms with Gasteiger partial charge in [0.05, 0.1) is 0 Å². The Hall–Kier alpha value is -0.0800. The van der Waals surface area contributed by atoms with Crippen LogP contribution in [0.25, 0.3) is 0 Å². The van der Waals surface area contributed by atoms with Crippen molar-refractivity contribution in [1.82, 2.24) is 0 Å². The minimum Gasteiger partial charge on any atom is -0.365 e. The van der Waals surface area contributed by atoms with Gasteiger partial charge in [0.2, 0.25) is 0 Å². The van der Waals surface area contributed by atoms with Gasteiger partial charge in [-0.15, -0.1) is 0 Å². The molecule has 0 saturated heterocycles. The standard InChI is InChI=1S/C9H20O2/c1-4-6-7-9(10,11)8(3)5-2/h8,10-11H,4-7H2,1-3H3. The Kier molecular flexibility index (Phi) is 4.69. The second kappa shape index (κ2) is 4.73. The average Bonchev–Trinajstić information content (AvgIpc) is 1.99. The summed E-state index contributed by atoms with van der Waals surface area (Å²) in [5, 5.41) is 18.9. The Bertz CT molecular complexity index is 99.7. The molecule has 1 unspecified atom stereocenters. The van der Waals surface area contributed by atoms with Gasteiger partial charge in [0, 0.05) is 12.3 Å². The van der Waals surface area contributed by atoms with Crippen LogP contribution in [0.2, 0.25) is 0 Å². The summed E-state index contributed by atoms with van der Waals surface area (Å²) in [6, 6.07) is 0. The van der Waals surface area contributed by atoms with Crippen molar-refractivity contribution >= 4 is 0 Å². The summed E-state index contributed by atoms with van der Waals surface area (Å²) in [4.78, 5) is 0. The number of aliphatic hydroxyl groups is 2. The van der Waals surface area contributed by atoms with Crippen molar-refractivity contribution in [3.63, 3.8) is 0 Å². The molecule has 0 heterocycles. The molecule has 0 spiro atoms. The van der Waals surface area contributed by atoms with Crippen molar-refractivity contribution in [3.8, 4) is 0 Å². The first-order valence-electron chi connectivity index (χ1n) is 4.49. The molecule has 0 aromatic heterocycles. The first-order chi connectivity index (χ1) is 5.04. The normalized spacial score (nSPS) is 15.0. The van der Waals surface area contributed by atoms with Crippen molar-refractivity contribution < 1.29 is 10.2 Å². The molecule has 0 fully saturated rings. The highest BCUT2D eigenvalue weighted by Crippen LogP contribution is 2.22. The van der Waals surface area contributed by atoms with E-state index in [4.69, 9.17) is 0 Å². The molecule has 68 valence electrons. The third kappa shape index (κ3) is 3.73. The van der Waals surface area contributed by atoms with Crippen molar-refractivity contribution in [2.24, 2.45) is 5.92 Å². The molecule has 2 heteroatoms. The van der Waals surface area contributed by atoms with E-state index in [-0.39, 0.29) is 5.92 Å². The van der Waals surface area contributed by atoms with E-state index >= 15 is 0 Å². The van der Waals surface area contributed by atoms with Gasteiger partial charge in [-0.25, -0.2) is 0 Å². The molecule has 0 aromatic carbocycles. The molecule has 0 amide bonds. The first-order valence-corrected chi connectivity index (χ1v) is 4.49. The quantitative estimate of drug-likeness (QED) is 0.603. The first kappa shape index (κ1) is 10.9. The van der Waals surface area contributed by atoms with Crippen molar-refractivity contribution in [2.45, 2.75) is 52.2 Å². The van der Waals surface area contributed by atoms with Gasteiger partial charge in [0.1, 0.15) is 0 Å². The monoisotopic (exact) mass is 160 g/mol. The van der Waals surface area contributed by atoms with E-state index in [2.05, 4.69) is 0 Å². The zero-order chi connectivity index (χ0) is 8.91. The molecule has 2 nitrogen and oxygen atoms in total. The molecule has 0 saturated carbocycles. The molecule has 0 aliphatic rings. The lowest BCUT2D eigenvalue weighted by Crippen LogP contribution is -2.35. The smallest absolute Gasteiger partial charge is 0.165 e. The summed E-state index contributed by atoms with van der Waals surface area (Å²) in [6.07, 6.45) is 3.21. The Labute approximate surface area is 69.2 Å². The van der Waals surface area contributed by atoms with Crippen LogP contribution >= 0.6 is 0 Å². The molecule has 0 aliphatic carbocycles. The lowest BCUT2D eigenvalue weighted by atomic mass is 9.93. The number of rotatable bonds is 5. The molecule has 0 aliphatic heterocycles. The van der Waals surface area contributed by atoms with E-state index in [9.17, 15) is 10.2 Å². The van der Waals surface area contributed by atoms with Crippen LogP contribution in [0.15, 0.2) is 0 Å². The summed E-state index contributed by atoms with van der Waals surface area (Å²) in [5.74, 6) is -1.46. The van der Waals surface area contributed by atoms with Crippen LogP contribution in [0, 0.1) is 5.92 Å². The van der Waals surface area contributed by atoms with Crippen LogP contribution in [-0.4, -0.2) is 16.0 Å². The Balaban J connectivity index is 3.77. The molecule has 11 heavy (non-hydrogen) atoms. The van der Waals surface area contributed by atoms with Gasteiger partial charge < -0.3 is 10.2 Å².